The Labute approximate surface area is 103 Å². The second-order valence-corrected chi connectivity index (χ2v) is 5.90. The molecule has 96 valence electrons. The summed E-state index contributed by atoms with van der Waals surface area (Å²) in [6, 6.07) is 4.16. The molecule has 2 atom stereocenters. The highest BCUT2D eigenvalue weighted by Gasteiger charge is 2.28. The van der Waals surface area contributed by atoms with Gasteiger partial charge in [-0.25, -0.2) is 0 Å². The first-order valence-corrected chi connectivity index (χ1v) is 6.52. The molecule has 1 fully saturated rings. The number of aliphatic hydroxyl groups excluding tert-OH is 1. The standard InChI is InChI=1S/C14H23NO2/c1-14(2)7-3-5-11(9-14)15-10-12(16)13-6-4-8-17-13/h4,6,8,11-12,15-16H,3,5,7,9-10H2,1-2H3. The summed E-state index contributed by atoms with van der Waals surface area (Å²) in [6.07, 6.45) is 6.07. The number of hydrogen-bond donors (Lipinski definition) is 2. The third-order valence-corrected chi connectivity index (χ3v) is 3.68. The molecule has 0 spiro atoms. The lowest BCUT2D eigenvalue weighted by Gasteiger charge is -2.36. The van der Waals surface area contributed by atoms with E-state index in [0.29, 0.717) is 23.8 Å². The van der Waals surface area contributed by atoms with E-state index in [9.17, 15) is 5.11 Å². The summed E-state index contributed by atoms with van der Waals surface area (Å²) in [5.74, 6) is 0.646. The smallest absolute Gasteiger partial charge is 0.133 e. The van der Waals surface area contributed by atoms with E-state index in [2.05, 4.69) is 19.2 Å². The van der Waals surface area contributed by atoms with E-state index in [4.69, 9.17) is 4.42 Å². The molecule has 3 heteroatoms. The van der Waals surface area contributed by atoms with Gasteiger partial charge in [-0.2, -0.15) is 0 Å². The van der Waals surface area contributed by atoms with E-state index >= 15 is 0 Å². The van der Waals surface area contributed by atoms with Crippen molar-refractivity contribution >= 4 is 0 Å². The topological polar surface area (TPSA) is 45.4 Å². The lowest BCUT2D eigenvalue weighted by atomic mass is 9.75. The van der Waals surface area contributed by atoms with Crippen LogP contribution in [0.15, 0.2) is 22.8 Å². The predicted octanol–water partition coefficient (Wildman–Crippen LogP) is 2.87. The molecule has 1 aromatic heterocycles. The minimum Gasteiger partial charge on any atom is -0.467 e. The zero-order valence-corrected chi connectivity index (χ0v) is 10.8. The Kier molecular flexibility index (Phi) is 3.89. The lowest BCUT2D eigenvalue weighted by Crippen LogP contribution is -2.39. The van der Waals surface area contributed by atoms with Gasteiger partial charge >= 0.3 is 0 Å². The molecule has 3 nitrogen and oxygen atoms in total. The first kappa shape index (κ1) is 12.7. The normalized spacial score (nSPS) is 25.7. The van der Waals surface area contributed by atoms with E-state index in [1.54, 1.807) is 6.26 Å². The van der Waals surface area contributed by atoms with Gasteiger partial charge in [-0.1, -0.05) is 20.3 Å². The first-order chi connectivity index (χ1) is 8.07. The molecule has 1 heterocycles. The molecular formula is C14H23NO2. The van der Waals surface area contributed by atoms with Gasteiger partial charge in [0.05, 0.1) is 6.26 Å². The Morgan fingerprint density at radius 3 is 3.06 bits per heavy atom. The Hall–Kier alpha value is -0.800. The van der Waals surface area contributed by atoms with Crippen LogP contribution in [0.4, 0.5) is 0 Å². The van der Waals surface area contributed by atoms with Gasteiger partial charge in [0.2, 0.25) is 0 Å². The van der Waals surface area contributed by atoms with Crippen molar-refractivity contribution in [1.29, 1.82) is 0 Å². The number of furan rings is 1. The third kappa shape index (κ3) is 3.58. The Morgan fingerprint density at radius 1 is 1.59 bits per heavy atom. The highest BCUT2D eigenvalue weighted by atomic mass is 16.4. The van der Waals surface area contributed by atoms with E-state index in [-0.39, 0.29) is 0 Å². The number of hydrogen-bond acceptors (Lipinski definition) is 3. The van der Waals surface area contributed by atoms with Crippen LogP contribution in [0.2, 0.25) is 0 Å². The lowest BCUT2D eigenvalue weighted by molar-refractivity contribution is 0.129. The van der Waals surface area contributed by atoms with E-state index in [0.717, 1.165) is 0 Å². The molecule has 0 aliphatic heterocycles. The van der Waals surface area contributed by atoms with E-state index < -0.39 is 6.10 Å². The maximum absolute atomic E-state index is 9.91. The van der Waals surface area contributed by atoms with Crippen molar-refractivity contribution in [2.45, 2.75) is 51.7 Å². The van der Waals surface area contributed by atoms with Crippen molar-refractivity contribution in [2.24, 2.45) is 5.41 Å². The van der Waals surface area contributed by atoms with Crippen LogP contribution in [0.3, 0.4) is 0 Å². The molecule has 2 N–H and O–H groups in total. The minimum absolute atomic E-state index is 0.436. The van der Waals surface area contributed by atoms with Gasteiger partial charge in [0, 0.05) is 12.6 Å². The quantitative estimate of drug-likeness (QED) is 0.846. The first-order valence-electron chi connectivity index (χ1n) is 6.52. The molecule has 0 radical (unpaired) electrons. The molecule has 17 heavy (non-hydrogen) atoms. The molecule has 0 amide bonds. The molecule has 2 rings (SSSR count). The molecule has 1 aliphatic carbocycles. The summed E-state index contributed by atoms with van der Waals surface area (Å²) in [7, 11) is 0. The zero-order chi connectivity index (χ0) is 12.3. The summed E-state index contributed by atoms with van der Waals surface area (Å²) in [5.41, 5.74) is 0.436. The van der Waals surface area contributed by atoms with Crippen LogP contribution >= 0.6 is 0 Å². The highest BCUT2D eigenvalue weighted by molar-refractivity contribution is 5.02. The average Bonchev–Trinajstić information content (AvgIpc) is 2.78. The van der Waals surface area contributed by atoms with Crippen LogP contribution in [-0.2, 0) is 0 Å². The molecule has 1 saturated carbocycles. The Balaban J connectivity index is 1.78. The van der Waals surface area contributed by atoms with Crippen LogP contribution in [-0.4, -0.2) is 17.7 Å². The van der Waals surface area contributed by atoms with Crippen LogP contribution in [0.25, 0.3) is 0 Å². The van der Waals surface area contributed by atoms with Gasteiger partial charge < -0.3 is 14.8 Å². The van der Waals surface area contributed by atoms with Crippen LogP contribution in [0.5, 0.6) is 0 Å². The fourth-order valence-corrected chi connectivity index (χ4v) is 2.73. The fourth-order valence-electron chi connectivity index (χ4n) is 2.73. The summed E-state index contributed by atoms with van der Waals surface area (Å²) in [6.45, 7) is 5.22. The summed E-state index contributed by atoms with van der Waals surface area (Å²) < 4.78 is 5.19. The zero-order valence-electron chi connectivity index (χ0n) is 10.8. The van der Waals surface area contributed by atoms with Crippen molar-refractivity contribution in [3.05, 3.63) is 24.2 Å². The number of nitrogens with one attached hydrogen (secondary N) is 1. The minimum atomic E-state index is -0.532. The number of aliphatic hydroxyl groups is 1. The second kappa shape index (κ2) is 5.23. The van der Waals surface area contributed by atoms with E-state index in [1.807, 2.05) is 12.1 Å². The Bertz CT molecular complexity index is 332. The van der Waals surface area contributed by atoms with E-state index in [1.165, 1.54) is 25.7 Å². The summed E-state index contributed by atoms with van der Waals surface area (Å²) in [4.78, 5) is 0. The van der Waals surface area contributed by atoms with Crippen molar-refractivity contribution in [3.8, 4) is 0 Å². The molecule has 1 aromatic rings. The van der Waals surface area contributed by atoms with Crippen LogP contribution in [0, 0.1) is 5.41 Å². The fraction of sp³-hybridized carbons (Fsp3) is 0.714. The third-order valence-electron chi connectivity index (χ3n) is 3.68. The molecule has 0 bridgehead atoms. The predicted molar refractivity (Wildman–Crippen MR) is 67.7 cm³/mol. The molecular weight excluding hydrogens is 214 g/mol. The van der Waals surface area contributed by atoms with Crippen molar-refractivity contribution < 1.29 is 9.52 Å². The molecule has 2 unspecified atom stereocenters. The van der Waals surface area contributed by atoms with Gasteiger partial charge in [0.1, 0.15) is 11.9 Å². The van der Waals surface area contributed by atoms with Crippen LogP contribution < -0.4 is 5.32 Å². The second-order valence-electron chi connectivity index (χ2n) is 5.90. The van der Waals surface area contributed by atoms with Gasteiger partial charge in [-0.15, -0.1) is 0 Å². The average molecular weight is 237 g/mol. The SMILES string of the molecule is CC1(C)CCCC(NCC(O)c2ccco2)C1. The summed E-state index contributed by atoms with van der Waals surface area (Å²) in [5, 5.41) is 13.4. The van der Waals surface area contributed by atoms with Gasteiger partial charge in [0.15, 0.2) is 0 Å². The maximum atomic E-state index is 9.91. The monoisotopic (exact) mass is 237 g/mol. The van der Waals surface area contributed by atoms with Crippen molar-refractivity contribution in [2.75, 3.05) is 6.54 Å². The largest absolute Gasteiger partial charge is 0.467 e. The molecule has 1 aliphatic rings. The molecule has 0 aromatic carbocycles. The van der Waals surface area contributed by atoms with Crippen molar-refractivity contribution in [3.63, 3.8) is 0 Å². The van der Waals surface area contributed by atoms with Gasteiger partial charge in [-0.05, 0) is 36.8 Å². The van der Waals surface area contributed by atoms with Crippen molar-refractivity contribution in [1.82, 2.24) is 5.32 Å². The van der Waals surface area contributed by atoms with Gasteiger partial charge in [-0.3, -0.25) is 0 Å². The Morgan fingerprint density at radius 2 is 2.41 bits per heavy atom. The van der Waals surface area contributed by atoms with Crippen LogP contribution in [0.1, 0.15) is 51.4 Å². The van der Waals surface area contributed by atoms with Gasteiger partial charge in [0.25, 0.3) is 0 Å². The molecule has 0 saturated heterocycles. The highest BCUT2D eigenvalue weighted by Crippen LogP contribution is 2.35. The summed E-state index contributed by atoms with van der Waals surface area (Å²) >= 11 is 0. The maximum Gasteiger partial charge on any atom is 0.133 e. The number of rotatable bonds is 4.